The van der Waals surface area contributed by atoms with Crippen LogP contribution in [-0.2, 0) is 4.79 Å². The Kier molecular flexibility index (Phi) is 6.24. The summed E-state index contributed by atoms with van der Waals surface area (Å²) in [6, 6.07) is 13.9. The molecule has 142 valence electrons. The summed E-state index contributed by atoms with van der Waals surface area (Å²) < 4.78 is 5.70. The molecule has 2 aromatic carbocycles. The highest BCUT2D eigenvalue weighted by Crippen LogP contribution is 2.24. The van der Waals surface area contributed by atoms with Crippen molar-refractivity contribution in [2.75, 3.05) is 26.2 Å². The number of rotatable bonds is 4. The number of benzene rings is 2. The summed E-state index contributed by atoms with van der Waals surface area (Å²) in [6.07, 6.45) is -0.650. The van der Waals surface area contributed by atoms with E-state index in [9.17, 15) is 9.59 Å². The van der Waals surface area contributed by atoms with E-state index >= 15 is 0 Å². The second-order valence-electron chi connectivity index (χ2n) is 6.31. The zero-order valence-electron chi connectivity index (χ0n) is 14.9. The first-order chi connectivity index (χ1) is 13.0. The lowest BCUT2D eigenvalue weighted by Crippen LogP contribution is -2.53. The smallest absolute Gasteiger partial charge is 0.263 e. The van der Waals surface area contributed by atoms with Crippen molar-refractivity contribution in [3.63, 3.8) is 0 Å². The molecule has 1 aliphatic rings. The summed E-state index contributed by atoms with van der Waals surface area (Å²) in [5, 5.41) is 1.06. The third-order valence-electron chi connectivity index (χ3n) is 4.46. The number of hydrogen-bond donors (Lipinski definition) is 0. The standard InChI is InChI=1S/C20H20Cl2N2O3/c1-14(27-18-5-3-2-4-17(18)22)19(25)23-10-12-24(13-11-23)20(26)15-6-8-16(21)9-7-15/h2-9,14H,10-13H2,1H3. The highest BCUT2D eigenvalue weighted by Gasteiger charge is 2.28. The van der Waals surface area contributed by atoms with Crippen molar-refractivity contribution in [3.05, 3.63) is 64.1 Å². The maximum atomic E-state index is 12.6. The molecule has 2 amide bonds. The van der Waals surface area contributed by atoms with Crippen LogP contribution in [-0.4, -0.2) is 53.9 Å². The summed E-state index contributed by atoms with van der Waals surface area (Å²) >= 11 is 11.9. The van der Waals surface area contributed by atoms with Crippen LogP contribution < -0.4 is 4.74 Å². The first-order valence-corrected chi connectivity index (χ1v) is 9.46. The minimum atomic E-state index is -0.650. The maximum Gasteiger partial charge on any atom is 0.263 e. The topological polar surface area (TPSA) is 49.9 Å². The van der Waals surface area contributed by atoms with Gasteiger partial charge in [-0.1, -0.05) is 35.3 Å². The number of hydrogen-bond acceptors (Lipinski definition) is 3. The lowest BCUT2D eigenvalue weighted by atomic mass is 10.1. The molecule has 0 aromatic heterocycles. The first-order valence-electron chi connectivity index (χ1n) is 8.70. The van der Waals surface area contributed by atoms with Gasteiger partial charge in [0.15, 0.2) is 6.10 Å². The van der Waals surface area contributed by atoms with Gasteiger partial charge in [-0.3, -0.25) is 9.59 Å². The summed E-state index contributed by atoms with van der Waals surface area (Å²) in [4.78, 5) is 28.6. The van der Waals surface area contributed by atoms with Gasteiger partial charge in [0, 0.05) is 36.8 Å². The van der Waals surface area contributed by atoms with E-state index in [1.165, 1.54) is 0 Å². The Morgan fingerprint density at radius 3 is 2.15 bits per heavy atom. The average molecular weight is 407 g/mol. The predicted octanol–water partition coefficient (Wildman–Crippen LogP) is 3.75. The summed E-state index contributed by atoms with van der Waals surface area (Å²) in [5.74, 6) is 0.309. The van der Waals surface area contributed by atoms with Gasteiger partial charge in [0.05, 0.1) is 5.02 Å². The number of amides is 2. The molecule has 1 atom stereocenters. The number of nitrogens with zero attached hydrogens (tertiary/aromatic N) is 2. The van der Waals surface area contributed by atoms with Crippen LogP contribution in [0, 0.1) is 0 Å². The van der Waals surface area contributed by atoms with E-state index in [0.717, 1.165) is 0 Å². The van der Waals surface area contributed by atoms with Gasteiger partial charge in [-0.05, 0) is 43.3 Å². The van der Waals surface area contributed by atoms with Crippen LogP contribution in [0.1, 0.15) is 17.3 Å². The van der Waals surface area contributed by atoms with Crippen LogP contribution in [0.3, 0.4) is 0 Å². The molecular weight excluding hydrogens is 387 g/mol. The van der Waals surface area contributed by atoms with E-state index in [4.69, 9.17) is 27.9 Å². The molecule has 27 heavy (non-hydrogen) atoms. The molecule has 0 saturated carbocycles. The van der Waals surface area contributed by atoms with Crippen LogP contribution in [0.25, 0.3) is 0 Å². The fraction of sp³-hybridized carbons (Fsp3) is 0.300. The second kappa shape index (κ2) is 8.63. The maximum absolute atomic E-state index is 12.6. The van der Waals surface area contributed by atoms with Gasteiger partial charge >= 0.3 is 0 Å². The van der Waals surface area contributed by atoms with Crippen molar-refractivity contribution in [2.45, 2.75) is 13.0 Å². The zero-order chi connectivity index (χ0) is 19.4. The van der Waals surface area contributed by atoms with Crippen LogP contribution >= 0.6 is 23.2 Å². The number of carbonyl (C=O) groups excluding carboxylic acids is 2. The van der Waals surface area contributed by atoms with Gasteiger partial charge in [0.1, 0.15) is 5.75 Å². The van der Waals surface area contributed by atoms with Crippen molar-refractivity contribution in [2.24, 2.45) is 0 Å². The van der Waals surface area contributed by atoms with E-state index in [0.29, 0.717) is 47.5 Å². The van der Waals surface area contributed by atoms with Gasteiger partial charge in [-0.15, -0.1) is 0 Å². The second-order valence-corrected chi connectivity index (χ2v) is 7.16. The van der Waals surface area contributed by atoms with Crippen molar-refractivity contribution in [1.29, 1.82) is 0 Å². The molecule has 0 bridgehead atoms. The Balaban J connectivity index is 1.55. The van der Waals surface area contributed by atoms with Gasteiger partial charge in [-0.25, -0.2) is 0 Å². The van der Waals surface area contributed by atoms with E-state index in [1.807, 2.05) is 0 Å². The molecule has 7 heteroatoms. The molecule has 5 nitrogen and oxygen atoms in total. The van der Waals surface area contributed by atoms with Crippen LogP contribution in [0.4, 0.5) is 0 Å². The van der Waals surface area contributed by atoms with E-state index in [-0.39, 0.29) is 11.8 Å². The van der Waals surface area contributed by atoms with Gasteiger partial charge in [0.25, 0.3) is 11.8 Å². The molecule has 0 N–H and O–H groups in total. The number of ether oxygens (including phenoxy) is 1. The highest BCUT2D eigenvalue weighted by atomic mass is 35.5. The van der Waals surface area contributed by atoms with Crippen LogP contribution in [0.2, 0.25) is 10.0 Å². The Labute approximate surface area is 168 Å². The third kappa shape index (κ3) is 4.73. The SMILES string of the molecule is CC(Oc1ccccc1Cl)C(=O)N1CCN(C(=O)c2ccc(Cl)cc2)CC1. The minimum absolute atomic E-state index is 0.0564. The normalized spacial score (nSPS) is 15.4. The fourth-order valence-corrected chi connectivity index (χ4v) is 3.25. The largest absolute Gasteiger partial charge is 0.479 e. The van der Waals surface area contributed by atoms with Crippen LogP contribution in [0.5, 0.6) is 5.75 Å². The molecule has 0 aliphatic carbocycles. The monoisotopic (exact) mass is 406 g/mol. The van der Waals surface area contributed by atoms with Gasteiger partial charge in [0.2, 0.25) is 0 Å². The predicted molar refractivity (Wildman–Crippen MR) is 105 cm³/mol. The number of piperazine rings is 1. The van der Waals surface area contributed by atoms with E-state index in [2.05, 4.69) is 0 Å². The average Bonchev–Trinajstić information content (AvgIpc) is 2.69. The Bertz CT molecular complexity index is 818. The van der Waals surface area contributed by atoms with Crippen molar-refractivity contribution in [3.8, 4) is 5.75 Å². The number of carbonyl (C=O) groups is 2. The van der Waals surface area contributed by atoms with Crippen LogP contribution in [0.15, 0.2) is 48.5 Å². The van der Waals surface area contributed by atoms with E-state index < -0.39 is 6.10 Å². The van der Waals surface area contributed by atoms with E-state index in [1.54, 1.807) is 65.3 Å². The summed E-state index contributed by atoms with van der Waals surface area (Å²) in [7, 11) is 0. The lowest BCUT2D eigenvalue weighted by Gasteiger charge is -2.36. The molecule has 2 aromatic rings. The quantitative estimate of drug-likeness (QED) is 0.776. The number of halogens is 2. The Hall–Kier alpha value is -2.24. The first kappa shape index (κ1) is 19.5. The third-order valence-corrected chi connectivity index (χ3v) is 5.02. The molecule has 0 radical (unpaired) electrons. The lowest BCUT2D eigenvalue weighted by molar-refractivity contribution is -0.139. The fourth-order valence-electron chi connectivity index (χ4n) is 2.94. The number of para-hydroxylation sites is 1. The molecule has 1 aliphatic heterocycles. The summed E-state index contributed by atoms with van der Waals surface area (Å²) in [5.41, 5.74) is 0.592. The zero-order valence-corrected chi connectivity index (χ0v) is 16.4. The summed E-state index contributed by atoms with van der Waals surface area (Å²) in [6.45, 7) is 3.59. The highest BCUT2D eigenvalue weighted by molar-refractivity contribution is 6.32. The van der Waals surface area contributed by atoms with Gasteiger partial charge in [-0.2, -0.15) is 0 Å². The van der Waals surface area contributed by atoms with Gasteiger partial charge < -0.3 is 14.5 Å². The molecule has 3 rings (SSSR count). The molecule has 1 saturated heterocycles. The Morgan fingerprint density at radius 1 is 0.926 bits per heavy atom. The Morgan fingerprint density at radius 2 is 1.52 bits per heavy atom. The van der Waals surface area contributed by atoms with Crippen molar-refractivity contribution in [1.82, 2.24) is 9.80 Å². The molecule has 1 fully saturated rings. The van der Waals surface area contributed by atoms with Crippen molar-refractivity contribution >= 4 is 35.0 Å². The molecule has 1 heterocycles. The molecule has 1 unspecified atom stereocenters. The minimum Gasteiger partial charge on any atom is -0.479 e. The van der Waals surface area contributed by atoms with Crippen molar-refractivity contribution < 1.29 is 14.3 Å². The molecule has 0 spiro atoms. The molecular formula is C20H20Cl2N2O3.